The quantitative estimate of drug-likeness (QED) is 0.841. The lowest BCUT2D eigenvalue weighted by Crippen LogP contribution is -2.30. The normalized spacial score (nSPS) is 14.4. The van der Waals surface area contributed by atoms with Crippen molar-refractivity contribution in [2.24, 2.45) is 0 Å². The number of aliphatic carboxylic acids is 1. The Morgan fingerprint density at radius 2 is 2.18 bits per heavy atom. The zero-order chi connectivity index (χ0) is 12.6. The molecule has 90 valence electrons. The minimum Gasteiger partial charge on any atom is -0.477 e. The molecule has 1 amide bonds. The molecule has 0 atom stereocenters. The van der Waals surface area contributed by atoms with Crippen LogP contribution in [0.2, 0.25) is 0 Å². The van der Waals surface area contributed by atoms with Gasteiger partial charge in [0.25, 0.3) is 0 Å². The van der Waals surface area contributed by atoms with Crippen molar-refractivity contribution < 1.29 is 23.5 Å². The number of carbonyl (C=O) groups is 2. The first-order valence-electron chi connectivity index (χ1n) is 4.91. The highest BCUT2D eigenvalue weighted by molar-refractivity contribution is 5.99. The number of hydrogen-bond donors (Lipinski definition) is 2. The van der Waals surface area contributed by atoms with Crippen LogP contribution in [-0.4, -0.2) is 22.9 Å². The smallest absolute Gasteiger partial charge is 0.374 e. The molecule has 2 rings (SSSR count). The largest absolute Gasteiger partial charge is 0.477 e. The van der Waals surface area contributed by atoms with Crippen LogP contribution in [0.5, 0.6) is 0 Å². The minimum absolute atomic E-state index is 0.141. The summed E-state index contributed by atoms with van der Waals surface area (Å²) in [7, 11) is 0. The molecular weight excluding hydrogens is 232 g/mol. The van der Waals surface area contributed by atoms with Gasteiger partial charge < -0.3 is 10.4 Å². The molecule has 0 aromatic heterocycles. The Morgan fingerprint density at radius 1 is 1.47 bits per heavy atom. The predicted octanol–water partition coefficient (Wildman–Crippen LogP) is 1.44. The van der Waals surface area contributed by atoms with Crippen LogP contribution in [-0.2, 0) is 22.4 Å². The number of rotatable bonds is 3. The molecule has 0 unspecified atom stereocenters. The molecule has 1 aromatic carbocycles. The summed E-state index contributed by atoms with van der Waals surface area (Å²) in [5.74, 6) is -6.13. The van der Waals surface area contributed by atoms with Gasteiger partial charge in [0.05, 0.1) is 6.42 Å². The lowest BCUT2D eigenvalue weighted by atomic mass is 10.0. The Bertz CT molecular complexity index is 499. The lowest BCUT2D eigenvalue weighted by molar-refractivity contribution is -0.164. The molecule has 0 fully saturated rings. The summed E-state index contributed by atoms with van der Waals surface area (Å²) in [4.78, 5) is 21.3. The van der Waals surface area contributed by atoms with Crippen molar-refractivity contribution >= 4 is 17.6 Å². The molecule has 1 aliphatic heterocycles. The van der Waals surface area contributed by atoms with Crippen LogP contribution in [0.15, 0.2) is 18.2 Å². The van der Waals surface area contributed by atoms with Gasteiger partial charge in [0, 0.05) is 12.1 Å². The van der Waals surface area contributed by atoms with Crippen molar-refractivity contribution in [3.8, 4) is 0 Å². The Kier molecular flexibility index (Phi) is 2.57. The first-order chi connectivity index (χ1) is 7.88. The molecule has 0 saturated carbocycles. The van der Waals surface area contributed by atoms with Crippen LogP contribution in [0.25, 0.3) is 0 Å². The number of anilines is 1. The fourth-order valence-corrected chi connectivity index (χ4v) is 1.72. The van der Waals surface area contributed by atoms with Crippen LogP contribution >= 0.6 is 0 Å². The molecule has 0 radical (unpaired) electrons. The van der Waals surface area contributed by atoms with Gasteiger partial charge >= 0.3 is 11.9 Å². The zero-order valence-corrected chi connectivity index (χ0v) is 8.67. The standard InChI is InChI=1S/C11H9F2NO3/c12-11(13,10(16)17)5-6-1-2-8-7(3-6)4-9(15)14-8/h1-3H,4-5H2,(H,14,15)(H,16,17). The van der Waals surface area contributed by atoms with Gasteiger partial charge in [0.2, 0.25) is 5.91 Å². The van der Waals surface area contributed by atoms with Crippen LogP contribution in [0.1, 0.15) is 11.1 Å². The first kappa shape index (κ1) is 11.5. The molecular formula is C11H9F2NO3. The fourth-order valence-electron chi connectivity index (χ4n) is 1.72. The number of alkyl halides is 2. The molecule has 0 bridgehead atoms. The SMILES string of the molecule is O=C1Cc2cc(CC(F)(F)C(=O)O)ccc2N1. The van der Waals surface area contributed by atoms with Gasteiger partial charge in [0.15, 0.2) is 0 Å². The molecule has 1 aromatic rings. The zero-order valence-electron chi connectivity index (χ0n) is 8.67. The van der Waals surface area contributed by atoms with E-state index in [2.05, 4.69) is 5.32 Å². The summed E-state index contributed by atoms with van der Waals surface area (Å²) in [6.07, 6.45) is -0.731. The number of halogens is 2. The molecule has 0 aliphatic carbocycles. The van der Waals surface area contributed by atoms with E-state index in [0.29, 0.717) is 11.3 Å². The average Bonchev–Trinajstić information content (AvgIpc) is 2.56. The highest BCUT2D eigenvalue weighted by Gasteiger charge is 2.39. The van der Waals surface area contributed by atoms with Crippen molar-refractivity contribution in [2.45, 2.75) is 18.8 Å². The Morgan fingerprint density at radius 3 is 2.82 bits per heavy atom. The summed E-state index contributed by atoms with van der Waals surface area (Å²) < 4.78 is 26.0. The summed E-state index contributed by atoms with van der Waals surface area (Å²) in [5, 5.41) is 10.9. The third kappa shape index (κ3) is 2.25. The Balaban J connectivity index is 2.22. The van der Waals surface area contributed by atoms with E-state index in [-0.39, 0.29) is 17.9 Å². The highest BCUT2D eigenvalue weighted by Crippen LogP contribution is 2.27. The second-order valence-corrected chi connectivity index (χ2v) is 3.90. The summed E-state index contributed by atoms with van der Waals surface area (Å²) >= 11 is 0. The van der Waals surface area contributed by atoms with Crippen molar-refractivity contribution in [1.82, 2.24) is 0 Å². The first-order valence-corrected chi connectivity index (χ1v) is 4.91. The molecule has 2 N–H and O–H groups in total. The molecule has 17 heavy (non-hydrogen) atoms. The van der Waals surface area contributed by atoms with Crippen LogP contribution in [0.4, 0.5) is 14.5 Å². The number of fused-ring (bicyclic) bond motifs is 1. The lowest BCUT2D eigenvalue weighted by Gasteiger charge is -2.11. The number of carbonyl (C=O) groups excluding carboxylic acids is 1. The molecule has 1 aliphatic rings. The van der Waals surface area contributed by atoms with E-state index >= 15 is 0 Å². The topological polar surface area (TPSA) is 66.4 Å². The van der Waals surface area contributed by atoms with E-state index in [1.807, 2.05) is 0 Å². The maximum atomic E-state index is 13.0. The van der Waals surface area contributed by atoms with E-state index in [1.54, 1.807) is 0 Å². The van der Waals surface area contributed by atoms with Gasteiger partial charge in [-0.25, -0.2) is 4.79 Å². The third-order valence-corrected chi connectivity index (χ3v) is 2.53. The summed E-state index contributed by atoms with van der Waals surface area (Å²) in [6, 6.07) is 4.33. The van der Waals surface area contributed by atoms with E-state index in [4.69, 9.17) is 5.11 Å². The van der Waals surface area contributed by atoms with E-state index < -0.39 is 18.3 Å². The predicted molar refractivity (Wildman–Crippen MR) is 55.1 cm³/mol. The van der Waals surface area contributed by atoms with Crippen LogP contribution < -0.4 is 5.32 Å². The van der Waals surface area contributed by atoms with Gasteiger partial charge in [0.1, 0.15) is 0 Å². The fraction of sp³-hybridized carbons (Fsp3) is 0.273. The monoisotopic (exact) mass is 241 g/mol. The number of benzene rings is 1. The second kappa shape index (κ2) is 3.80. The van der Waals surface area contributed by atoms with E-state index in [9.17, 15) is 18.4 Å². The van der Waals surface area contributed by atoms with Crippen molar-refractivity contribution in [3.05, 3.63) is 29.3 Å². The van der Waals surface area contributed by atoms with Gasteiger partial charge in [-0.15, -0.1) is 0 Å². The number of carboxylic acids is 1. The molecule has 4 nitrogen and oxygen atoms in total. The van der Waals surface area contributed by atoms with Gasteiger partial charge in [-0.1, -0.05) is 12.1 Å². The molecule has 0 spiro atoms. The molecule has 6 heteroatoms. The van der Waals surface area contributed by atoms with Crippen molar-refractivity contribution in [3.63, 3.8) is 0 Å². The van der Waals surface area contributed by atoms with Gasteiger partial charge in [-0.3, -0.25) is 4.79 Å². The van der Waals surface area contributed by atoms with Crippen molar-refractivity contribution in [2.75, 3.05) is 5.32 Å². The number of amides is 1. The summed E-state index contributed by atoms with van der Waals surface area (Å²) in [6.45, 7) is 0. The van der Waals surface area contributed by atoms with E-state index in [1.165, 1.54) is 18.2 Å². The third-order valence-electron chi connectivity index (χ3n) is 2.53. The van der Waals surface area contributed by atoms with Gasteiger partial charge in [-0.05, 0) is 17.2 Å². The Labute approximate surface area is 95.2 Å². The Hall–Kier alpha value is -1.98. The minimum atomic E-state index is -3.79. The maximum absolute atomic E-state index is 13.0. The number of carboxylic acid groups (broad SMARTS) is 1. The van der Waals surface area contributed by atoms with Gasteiger partial charge in [-0.2, -0.15) is 8.78 Å². The second-order valence-electron chi connectivity index (χ2n) is 3.90. The highest BCUT2D eigenvalue weighted by atomic mass is 19.3. The maximum Gasteiger partial charge on any atom is 0.374 e. The average molecular weight is 241 g/mol. The molecule has 0 saturated heterocycles. The molecule has 1 heterocycles. The number of hydrogen-bond acceptors (Lipinski definition) is 2. The van der Waals surface area contributed by atoms with Crippen LogP contribution in [0.3, 0.4) is 0 Å². The van der Waals surface area contributed by atoms with E-state index in [0.717, 1.165) is 0 Å². The van der Waals surface area contributed by atoms with Crippen LogP contribution in [0, 0.1) is 0 Å². The summed E-state index contributed by atoms with van der Waals surface area (Å²) in [5.41, 5.74) is 1.42. The van der Waals surface area contributed by atoms with Crippen molar-refractivity contribution in [1.29, 1.82) is 0 Å². The number of nitrogens with one attached hydrogen (secondary N) is 1.